The Bertz CT molecular complexity index is 2930. The fourth-order valence-corrected chi connectivity index (χ4v) is 7.63. The molecule has 10 rings (SSSR count). The highest BCUT2D eigenvalue weighted by Gasteiger charge is 2.20. The van der Waals surface area contributed by atoms with Gasteiger partial charge >= 0.3 is 0 Å². The van der Waals surface area contributed by atoms with Crippen LogP contribution < -0.4 is 0 Å². The van der Waals surface area contributed by atoms with Crippen molar-refractivity contribution in [1.29, 1.82) is 0 Å². The molecular formula is C52H34N4. The van der Waals surface area contributed by atoms with Crippen molar-refractivity contribution in [2.24, 2.45) is 0 Å². The van der Waals surface area contributed by atoms with Crippen LogP contribution in [0.5, 0.6) is 0 Å². The summed E-state index contributed by atoms with van der Waals surface area (Å²) in [5.41, 5.74) is 12.2. The van der Waals surface area contributed by atoms with Gasteiger partial charge in [0.2, 0.25) is 0 Å². The standard InChI is InChI=1S/C52H34N4/c1-6-18-35(19-7-1)40-32-41(36-20-8-2-9-21-36)34-42(33-40)51-54-50(39-26-14-5-15-27-39)55-52(56-51)46-31-17-30-45-47-43(37-22-10-3-11-23-37)28-16-29-44(47)48(53-49(45)46)38-24-12-4-13-25-38/h1-34H. The van der Waals surface area contributed by atoms with Gasteiger partial charge in [0.1, 0.15) is 0 Å². The number of aromatic nitrogens is 4. The second-order valence-corrected chi connectivity index (χ2v) is 13.8. The first kappa shape index (κ1) is 33.0. The third-order valence-electron chi connectivity index (χ3n) is 10.3. The fraction of sp³-hybridized carbons (Fsp3) is 0. The molecule has 4 nitrogen and oxygen atoms in total. The molecule has 8 aromatic carbocycles. The van der Waals surface area contributed by atoms with Gasteiger partial charge in [-0.1, -0.05) is 182 Å². The Balaban J connectivity index is 1.26. The fourth-order valence-electron chi connectivity index (χ4n) is 7.63. The van der Waals surface area contributed by atoms with Crippen molar-refractivity contribution < 1.29 is 0 Å². The lowest BCUT2D eigenvalue weighted by Crippen LogP contribution is -2.02. The van der Waals surface area contributed by atoms with Crippen LogP contribution >= 0.6 is 0 Å². The number of rotatable bonds is 7. The molecule has 10 aromatic rings. The molecule has 0 bridgehead atoms. The highest BCUT2D eigenvalue weighted by Crippen LogP contribution is 2.41. The first-order valence-electron chi connectivity index (χ1n) is 18.8. The van der Waals surface area contributed by atoms with Crippen LogP contribution in [-0.4, -0.2) is 19.9 Å². The molecule has 0 saturated carbocycles. The summed E-state index contributed by atoms with van der Waals surface area (Å²) in [6.07, 6.45) is 0. The molecule has 0 amide bonds. The molecule has 0 spiro atoms. The molecule has 262 valence electrons. The Kier molecular flexibility index (Phi) is 8.47. The van der Waals surface area contributed by atoms with Crippen molar-refractivity contribution in [1.82, 2.24) is 19.9 Å². The highest BCUT2D eigenvalue weighted by atomic mass is 15.0. The van der Waals surface area contributed by atoms with E-state index in [4.69, 9.17) is 19.9 Å². The first-order valence-corrected chi connectivity index (χ1v) is 18.8. The van der Waals surface area contributed by atoms with Gasteiger partial charge in [0, 0.05) is 38.4 Å². The minimum absolute atomic E-state index is 0.564. The molecule has 2 heterocycles. The predicted octanol–water partition coefficient (Wildman–Crippen LogP) is 13.2. The SMILES string of the molecule is c1ccc(-c2cc(-c3ccccc3)cc(-c3nc(-c4ccccc4)nc(-c4cccc5c4nc(-c4ccccc4)c4cccc(-c6ccccc6)c45)n3)c2)cc1. The van der Waals surface area contributed by atoms with Crippen LogP contribution in [0, 0.1) is 0 Å². The summed E-state index contributed by atoms with van der Waals surface area (Å²) in [7, 11) is 0. The van der Waals surface area contributed by atoms with Gasteiger partial charge in [-0.2, -0.15) is 0 Å². The zero-order valence-electron chi connectivity index (χ0n) is 30.4. The molecule has 0 fully saturated rings. The van der Waals surface area contributed by atoms with Gasteiger partial charge in [-0.05, 0) is 57.6 Å². The maximum absolute atomic E-state index is 5.50. The average molecular weight is 715 g/mol. The van der Waals surface area contributed by atoms with Gasteiger partial charge < -0.3 is 0 Å². The topological polar surface area (TPSA) is 51.6 Å². The molecule has 0 saturated heterocycles. The van der Waals surface area contributed by atoms with Crippen molar-refractivity contribution in [2.45, 2.75) is 0 Å². The van der Waals surface area contributed by atoms with Gasteiger partial charge in [-0.15, -0.1) is 0 Å². The molecule has 0 aliphatic rings. The van der Waals surface area contributed by atoms with Crippen LogP contribution in [0.2, 0.25) is 0 Å². The van der Waals surface area contributed by atoms with Crippen LogP contribution in [0.3, 0.4) is 0 Å². The summed E-state index contributed by atoms with van der Waals surface area (Å²) in [6, 6.07) is 71.6. The predicted molar refractivity (Wildman–Crippen MR) is 231 cm³/mol. The van der Waals surface area contributed by atoms with Crippen LogP contribution in [-0.2, 0) is 0 Å². The summed E-state index contributed by atoms with van der Waals surface area (Å²) in [4.78, 5) is 21.2. The van der Waals surface area contributed by atoms with E-state index < -0.39 is 0 Å². The lowest BCUT2D eigenvalue weighted by Gasteiger charge is -2.16. The lowest BCUT2D eigenvalue weighted by atomic mass is 9.92. The normalized spacial score (nSPS) is 11.2. The maximum atomic E-state index is 5.50. The number of hydrogen-bond donors (Lipinski definition) is 0. The van der Waals surface area contributed by atoms with Gasteiger partial charge in [0.25, 0.3) is 0 Å². The number of benzene rings is 8. The van der Waals surface area contributed by atoms with Gasteiger partial charge in [-0.25, -0.2) is 19.9 Å². The number of nitrogens with zero attached hydrogens (tertiary/aromatic N) is 4. The zero-order chi connectivity index (χ0) is 37.3. The summed E-state index contributed by atoms with van der Waals surface area (Å²) < 4.78 is 0. The van der Waals surface area contributed by atoms with Crippen molar-refractivity contribution in [2.75, 3.05) is 0 Å². The van der Waals surface area contributed by atoms with Crippen LogP contribution in [0.25, 0.3) is 100 Å². The van der Waals surface area contributed by atoms with Crippen molar-refractivity contribution in [3.05, 3.63) is 206 Å². The quantitative estimate of drug-likeness (QED) is 0.154. The molecular weight excluding hydrogens is 681 g/mol. The summed E-state index contributed by atoms with van der Waals surface area (Å²) in [6.45, 7) is 0. The van der Waals surface area contributed by atoms with E-state index in [1.807, 2.05) is 48.5 Å². The maximum Gasteiger partial charge on any atom is 0.166 e. The van der Waals surface area contributed by atoms with Crippen LogP contribution in [0.15, 0.2) is 206 Å². The Morgan fingerprint density at radius 1 is 0.250 bits per heavy atom. The van der Waals surface area contributed by atoms with E-state index in [9.17, 15) is 0 Å². The zero-order valence-corrected chi connectivity index (χ0v) is 30.4. The molecule has 2 aromatic heterocycles. The third-order valence-corrected chi connectivity index (χ3v) is 10.3. The molecule has 0 N–H and O–H groups in total. The van der Waals surface area contributed by atoms with E-state index in [1.165, 1.54) is 0 Å². The Morgan fingerprint density at radius 2 is 0.679 bits per heavy atom. The highest BCUT2D eigenvalue weighted by molar-refractivity contribution is 6.19. The van der Waals surface area contributed by atoms with Gasteiger partial charge in [0.15, 0.2) is 17.5 Å². The van der Waals surface area contributed by atoms with E-state index in [0.717, 1.165) is 83.0 Å². The number of para-hydroxylation sites is 1. The molecule has 0 aliphatic carbocycles. The van der Waals surface area contributed by atoms with Crippen molar-refractivity contribution in [3.8, 4) is 78.8 Å². The molecule has 56 heavy (non-hydrogen) atoms. The van der Waals surface area contributed by atoms with E-state index in [0.29, 0.717) is 17.5 Å². The average Bonchev–Trinajstić information content (AvgIpc) is 3.29. The van der Waals surface area contributed by atoms with Crippen LogP contribution in [0.4, 0.5) is 0 Å². The largest absolute Gasteiger partial charge is 0.246 e. The lowest BCUT2D eigenvalue weighted by molar-refractivity contribution is 1.08. The van der Waals surface area contributed by atoms with E-state index in [2.05, 4.69) is 158 Å². The van der Waals surface area contributed by atoms with Gasteiger partial charge in [0.05, 0.1) is 11.2 Å². The number of fused-ring (bicyclic) bond motifs is 3. The van der Waals surface area contributed by atoms with E-state index in [1.54, 1.807) is 0 Å². The first-order chi connectivity index (χ1) is 27.8. The molecule has 0 radical (unpaired) electrons. The second kappa shape index (κ2) is 14.3. The third kappa shape index (κ3) is 6.19. The molecule has 0 atom stereocenters. The molecule has 0 unspecified atom stereocenters. The summed E-state index contributed by atoms with van der Waals surface area (Å²) in [5, 5.41) is 3.28. The molecule has 4 heteroatoms. The summed E-state index contributed by atoms with van der Waals surface area (Å²) in [5.74, 6) is 1.76. The Morgan fingerprint density at radius 3 is 1.25 bits per heavy atom. The minimum Gasteiger partial charge on any atom is -0.246 e. The van der Waals surface area contributed by atoms with E-state index in [-0.39, 0.29) is 0 Å². The van der Waals surface area contributed by atoms with Gasteiger partial charge in [-0.3, -0.25) is 0 Å². The smallest absolute Gasteiger partial charge is 0.166 e. The number of pyridine rings is 1. The van der Waals surface area contributed by atoms with Crippen molar-refractivity contribution >= 4 is 21.7 Å². The van der Waals surface area contributed by atoms with Crippen LogP contribution in [0.1, 0.15) is 0 Å². The second-order valence-electron chi connectivity index (χ2n) is 13.8. The summed E-state index contributed by atoms with van der Waals surface area (Å²) >= 11 is 0. The Hall–Kier alpha value is -7.56. The van der Waals surface area contributed by atoms with Crippen molar-refractivity contribution in [3.63, 3.8) is 0 Å². The number of hydrogen-bond acceptors (Lipinski definition) is 4. The molecule has 0 aliphatic heterocycles. The van der Waals surface area contributed by atoms with E-state index >= 15 is 0 Å². The monoisotopic (exact) mass is 714 g/mol. The minimum atomic E-state index is 0.564. The Labute approximate surface area is 325 Å².